The molecular formula is C24H29N5O3. The zero-order valence-corrected chi connectivity index (χ0v) is 18.4. The Balaban J connectivity index is 1.17. The average molecular weight is 436 g/mol. The van der Waals surface area contributed by atoms with Crippen LogP contribution >= 0.6 is 0 Å². The molecule has 0 atom stereocenters. The summed E-state index contributed by atoms with van der Waals surface area (Å²) in [6.45, 7) is 7.24. The van der Waals surface area contributed by atoms with Crippen molar-refractivity contribution in [1.29, 1.82) is 0 Å². The maximum Gasteiger partial charge on any atom is 0.221 e. The van der Waals surface area contributed by atoms with E-state index in [1.54, 1.807) is 10.7 Å². The number of nitrogens with zero attached hydrogens (tertiary/aromatic N) is 4. The van der Waals surface area contributed by atoms with Crippen LogP contribution in [-0.4, -0.2) is 66.0 Å². The molecule has 0 radical (unpaired) electrons. The molecule has 0 unspecified atom stereocenters. The number of hydrogen-bond acceptors (Lipinski definition) is 6. The Labute approximate surface area is 187 Å². The van der Waals surface area contributed by atoms with Crippen molar-refractivity contribution in [3.63, 3.8) is 0 Å². The van der Waals surface area contributed by atoms with E-state index in [1.165, 1.54) is 6.92 Å². The van der Waals surface area contributed by atoms with Crippen molar-refractivity contribution in [2.45, 2.75) is 19.8 Å². The van der Waals surface area contributed by atoms with Gasteiger partial charge in [-0.2, -0.15) is 5.10 Å². The highest BCUT2D eigenvalue weighted by Gasteiger charge is 2.17. The van der Waals surface area contributed by atoms with Gasteiger partial charge < -0.3 is 15.0 Å². The van der Waals surface area contributed by atoms with Crippen molar-refractivity contribution in [3.8, 4) is 5.75 Å². The van der Waals surface area contributed by atoms with Gasteiger partial charge in [-0.1, -0.05) is 6.07 Å². The quantitative estimate of drug-likeness (QED) is 0.411. The third kappa shape index (κ3) is 5.45. The lowest BCUT2D eigenvalue weighted by Gasteiger charge is -2.36. The molecule has 1 aliphatic heterocycles. The molecule has 8 heteroatoms. The molecule has 0 spiro atoms. The molecule has 1 amide bonds. The zero-order valence-electron chi connectivity index (χ0n) is 18.4. The van der Waals surface area contributed by atoms with E-state index in [1.807, 2.05) is 36.5 Å². The number of aldehydes is 1. The van der Waals surface area contributed by atoms with Crippen LogP contribution < -0.4 is 15.0 Å². The van der Waals surface area contributed by atoms with Crippen molar-refractivity contribution in [2.24, 2.45) is 0 Å². The molecular weight excluding hydrogens is 406 g/mol. The van der Waals surface area contributed by atoms with Gasteiger partial charge in [0.2, 0.25) is 5.91 Å². The van der Waals surface area contributed by atoms with Crippen LogP contribution in [0.3, 0.4) is 0 Å². The van der Waals surface area contributed by atoms with Crippen LogP contribution in [0.5, 0.6) is 5.75 Å². The van der Waals surface area contributed by atoms with Gasteiger partial charge in [0.05, 0.1) is 23.9 Å². The van der Waals surface area contributed by atoms with E-state index in [2.05, 4.69) is 26.3 Å². The summed E-state index contributed by atoms with van der Waals surface area (Å²) >= 11 is 0. The Bertz CT molecular complexity index is 1070. The zero-order chi connectivity index (χ0) is 22.3. The number of nitrogens with one attached hydrogen (secondary N) is 1. The fourth-order valence-corrected chi connectivity index (χ4v) is 4.00. The van der Waals surface area contributed by atoms with Crippen molar-refractivity contribution in [2.75, 3.05) is 49.5 Å². The van der Waals surface area contributed by atoms with Crippen LogP contribution in [0, 0.1) is 0 Å². The van der Waals surface area contributed by atoms with Gasteiger partial charge >= 0.3 is 0 Å². The topological polar surface area (TPSA) is 79.2 Å². The monoisotopic (exact) mass is 435 g/mol. The molecule has 8 nitrogen and oxygen atoms in total. The third-order valence-corrected chi connectivity index (χ3v) is 5.69. The first-order chi connectivity index (χ1) is 15.6. The number of hydrogen-bond donors (Lipinski definition) is 1. The van der Waals surface area contributed by atoms with Gasteiger partial charge in [-0.15, -0.1) is 0 Å². The van der Waals surface area contributed by atoms with Gasteiger partial charge in [0, 0.05) is 56.7 Å². The van der Waals surface area contributed by atoms with Gasteiger partial charge in [0.1, 0.15) is 5.75 Å². The van der Waals surface area contributed by atoms with E-state index in [0.29, 0.717) is 12.2 Å². The molecule has 0 saturated carbocycles. The average Bonchev–Trinajstić information content (AvgIpc) is 3.21. The van der Waals surface area contributed by atoms with Crippen molar-refractivity contribution in [1.82, 2.24) is 14.5 Å². The van der Waals surface area contributed by atoms with E-state index >= 15 is 0 Å². The lowest BCUT2D eigenvalue weighted by Crippen LogP contribution is -2.46. The summed E-state index contributed by atoms with van der Waals surface area (Å²) in [6.07, 6.45) is 6.23. The Morgan fingerprint density at radius 3 is 2.78 bits per heavy atom. The fourth-order valence-electron chi connectivity index (χ4n) is 4.00. The van der Waals surface area contributed by atoms with Crippen LogP contribution in [0.15, 0.2) is 48.8 Å². The minimum absolute atomic E-state index is 0.0518. The smallest absolute Gasteiger partial charge is 0.221 e. The molecule has 0 aliphatic carbocycles. The van der Waals surface area contributed by atoms with Gasteiger partial charge in [0.15, 0.2) is 6.29 Å². The fraction of sp³-hybridized carbons (Fsp3) is 0.375. The molecule has 3 aromatic rings. The summed E-state index contributed by atoms with van der Waals surface area (Å²) in [5.74, 6) is 0.709. The Morgan fingerprint density at radius 1 is 1.16 bits per heavy atom. The molecule has 1 saturated heterocycles. The number of piperazine rings is 1. The first-order valence-electron chi connectivity index (χ1n) is 11.0. The predicted octanol–water partition coefficient (Wildman–Crippen LogP) is 3.09. The number of anilines is 2. The summed E-state index contributed by atoms with van der Waals surface area (Å²) in [5, 5.41) is 6.99. The largest absolute Gasteiger partial charge is 0.493 e. The molecule has 1 aromatic carbocycles. The maximum atomic E-state index is 11.3. The maximum absolute atomic E-state index is 11.3. The van der Waals surface area contributed by atoms with Crippen LogP contribution in [0.25, 0.3) is 5.52 Å². The summed E-state index contributed by atoms with van der Waals surface area (Å²) < 4.78 is 7.55. The van der Waals surface area contributed by atoms with Crippen molar-refractivity contribution < 1.29 is 14.3 Å². The number of aromatic nitrogens is 2. The van der Waals surface area contributed by atoms with E-state index in [9.17, 15) is 9.59 Å². The van der Waals surface area contributed by atoms with Gasteiger partial charge in [-0.05, 0) is 43.7 Å². The van der Waals surface area contributed by atoms with Crippen LogP contribution in [0.4, 0.5) is 11.4 Å². The number of ether oxygens (including phenoxy) is 1. The van der Waals surface area contributed by atoms with Gasteiger partial charge in [-0.3, -0.25) is 14.5 Å². The number of fused-ring (bicyclic) bond motifs is 1. The summed E-state index contributed by atoms with van der Waals surface area (Å²) in [4.78, 5) is 27.2. The second-order valence-electron chi connectivity index (χ2n) is 8.03. The van der Waals surface area contributed by atoms with E-state index < -0.39 is 0 Å². The SMILES string of the molecule is CC(=O)Nc1cccc(N2CCN(CCCCOc3ccn4ncc(C=O)c4c3)CC2)c1. The van der Waals surface area contributed by atoms with E-state index in [0.717, 1.165) is 74.5 Å². The van der Waals surface area contributed by atoms with E-state index in [4.69, 9.17) is 4.74 Å². The summed E-state index contributed by atoms with van der Waals surface area (Å²) in [7, 11) is 0. The van der Waals surface area contributed by atoms with Crippen LogP contribution in [-0.2, 0) is 4.79 Å². The molecule has 1 N–H and O–H groups in total. The first kappa shape index (κ1) is 21.8. The summed E-state index contributed by atoms with van der Waals surface area (Å²) in [5.41, 5.74) is 3.32. The molecule has 1 fully saturated rings. The molecule has 32 heavy (non-hydrogen) atoms. The number of amides is 1. The predicted molar refractivity (Wildman–Crippen MR) is 125 cm³/mol. The van der Waals surface area contributed by atoms with Gasteiger partial charge in [-0.25, -0.2) is 4.52 Å². The standard InChI is InChI=1S/C24H29N5O3/c1-19(31)26-21-5-4-6-22(15-21)28-12-10-27(11-13-28)8-2-3-14-32-23-7-9-29-24(16-23)20(18-30)17-25-29/h4-7,9,15-18H,2-3,8,10-14H2,1H3,(H,26,31). The number of unbranched alkanes of at least 4 members (excludes halogenated alkanes) is 1. The minimum atomic E-state index is -0.0518. The number of carbonyl (C=O) groups excluding carboxylic acids is 2. The Kier molecular flexibility index (Phi) is 7.01. The first-order valence-corrected chi connectivity index (χ1v) is 11.0. The molecule has 2 aromatic heterocycles. The number of rotatable bonds is 9. The molecule has 3 heterocycles. The second-order valence-corrected chi connectivity index (χ2v) is 8.03. The number of carbonyl (C=O) groups is 2. The molecule has 4 rings (SSSR count). The summed E-state index contributed by atoms with van der Waals surface area (Å²) in [6, 6.07) is 11.8. The number of pyridine rings is 1. The van der Waals surface area contributed by atoms with Crippen LogP contribution in [0.1, 0.15) is 30.1 Å². The highest BCUT2D eigenvalue weighted by molar-refractivity contribution is 5.89. The van der Waals surface area contributed by atoms with Crippen molar-refractivity contribution in [3.05, 3.63) is 54.4 Å². The molecule has 168 valence electrons. The van der Waals surface area contributed by atoms with Crippen LogP contribution in [0.2, 0.25) is 0 Å². The highest BCUT2D eigenvalue weighted by atomic mass is 16.5. The Hall–Kier alpha value is -3.39. The van der Waals surface area contributed by atoms with Crippen molar-refractivity contribution >= 4 is 29.1 Å². The van der Waals surface area contributed by atoms with E-state index in [-0.39, 0.29) is 5.91 Å². The lowest BCUT2D eigenvalue weighted by molar-refractivity contribution is -0.114. The normalized spacial score (nSPS) is 14.5. The lowest BCUT2D eigenvalue weighted by atomic mass is 10.2. The minimum Gasteiger partial charge on any atom is -0.493 e. The third-order valence-electron chi connectivity index (χ3n) is 5.69. The second kappa shape index (κ2) is 10.3. The van der Waals surface area contributed by atoms with Gasteiger partial charge in [0.25, 0.3) is 0 Å². The Morgan fingerprint density at radius 2 is 2.00 bits per heavy atom. The molecule has 0 bridgehead atoms. The molecule has 1 aliphatic rings. The number of benzene rings is 1. The highest BCUT2D eigenvalue weighted by Crippen LogP contribution is 2.21.